The fraction of sp³-hybridized carbons (Fsp3) is 0. The number of hydrogen-bond donors (Lipinski definition) is 0. The summed E-state index contributed by atoms with van der Waals surface area (Å²) in [6.45, 7) is 0. The Balaban J connectivity index is 1.03. The number of furan rings is 1. The van der Waals surface area contributed by atoms with Crippen LogP contribution in [0.5, 0.6) is 0 Å². The molecule has 288 valence electrons. The lowest BCUT2D eigenvalue weighted by atomic mass is 9.94. The molecule has 0 spiro atoms. The van der Waals surface area contributed by atoms with Gasteiger partial charge in [-0.2, -0.15) is 0 Å². The zero-order valence-electron chi connectivity index (χ0n) is 33.4. The van der Waals surface area contributed by atoms with Crippen LogP contribution >= 0.6 is 0 Å². The van der Waals surface area contributed by atoms with Crippen LogP contribution in [-0.2, 0) is 0 Å². The lowest BCUT2D eigenvalue weighted by Crippen LogP contribution is -2.11. The Kier molecular flexibility index (Phi) is 9.18. The fourth-order valence-electron chi connectivity index (χ4n) is 8.62. The molecular formula is C58H40N2O. The number of rotatable bonds is 9. The Morgan fingerprint density at radius 3 is 1.48 bits per heavy atom. The van der Waals surface area contributed by atoms with Crippen molar-refractivity contribution < 1.29 is 4.42 Å². The van der Waals surface area contributed by atoms with Crippen molar-refractivity contribution in [2.45, 2.75) is 0 Å². The van der Waals surface area contributed by atoms with Gasteiger partial charge >= 0.3 is 0 Å². The molecule has 61 heavy (non-hydrogen) atoms. The third-order valence-corrected chi connectivity index (χ3v) is 11.6. The summed E-state index contributed by atoms with van der Waals surface area (Å²) in [6, 6.07) is 86.7. The minimum atomic E-state index is 0.883. The summed E-state index contributed by atoms with van der Waals surface area (Å²) in [6.07, 6.45) is 0. The smallest absolute Gasteiger partial charge is 0.135 e. The van der Waals surface area contributed by atoms with Gasteiger partial charge in [0.2, 0.25) is 0 Å². The number of hydrogen-bond acceptors (Lipinski definition) is 3. The van der Waals surface area contributed by atoms with E-state index in [1.807, 2.05) is 12.1 Å². The zero-order valence-corrected chi connectivity index (χ0v) is 33.4. The second-order valence-electron chi connectivity index (χ2n) is 15.4. The highest BCUT2D eigenvalue weighted by Crippen LogP contribution is 2.44. The van der Waals surface area contributed by atoms with Crippen molar-refractivity contribution in [3.63, 3.8) is 0 Å². The molecule has 0 N–H and O–H groups in total. The lowest BCUT2D eigenvalue weighted by Gasteiger charge is -2.29. The third kappa shape index (κ3) is 6.88. The molecule has 0 saturated heterocycles. The summed E-state index contributed by atoms with van der Waals surface area (Å²) < 4.78 is 6.20. The SMILES string of the molecule is c1ccc(-c2ccc(N(c3ccccc3)c3ccc(-c4ccc(N(c5ccccc5)c5ccc6oc7ccccc7c6c5)cc4)cc3-c3ccc4ccccc4c3)cc2)cc1. The number of para-hydroxylation sites is 3. The normalized spacial score (nSPS) is 11.3. The van der Waals surface area contributed by atoms with Gasteiger partial charge in [-0.05, 0) is 130 Å². The van der Waals surface area contributed by atoms with E-state index < -0.39 is 0 Å². The fourth-order valence-corrected chi connectivity index (χ4v) is 8.62. The van der Waals surface area contributed by atoms with Crippen molar-refractivity contribution in [2.24, 2.45) is 0 Å². The van der Waals surface area contributed by atoms with Crippen molar-refractivity contribution in [1.82, 2.24) is 0 Å². The Bertz CT molecular complexity index is 3280. The second kappa shape index (κ2) is 15.6. The predicted molar refractivity (Wildman–Crippen MR) is 257 cm³/mol. The molecule has 11 aromatic rings. The van der Waals surface area contributed by atoms with Crippen LogP contribution in [0.25, 0.3) is 66.1 Å². The molecule has 11 rings (SSSR count). The largest absolute Gasteiger partial charge is 0.456 e. The molecule has 10 aromatic carbocycles. The highest BCUT2D eigenvalue weighted by Gasteiger charge is 2.20. The Labute approximate surface area is 355 Å². The van der Waals surface area contributed by atoms with Gasteiger partial charge in [-0.25, -0.2) is 0 Å². The summed E-state index contributed by atoms with van der Waals surface area (Å²) in [4.78, 5) is 4.69. The molecule has 0 unspecified atom stereocenters. The van der Waals surface area contributed by atoms with Crippen LogP contribution in [0.4, 0.5) is 34.1 Å². The summed E-state index contributed by atoms with van der Waals surface area (Å²) in [7, 11) is 0. The van der Waals surface area contributed by atoms with E-state index in [-0.39, 0.29) is 0 Å². The molecule has 1 aromatic heterocycles. The topological polar surface area (TPSA) is 19.6 Å². The molecule has 0 saturated carbocycles. The molecule has 0 atom stereocenters. The maximum absolute atomic E-state index is 6.20. The van der Waals surface area contributed by atoms with Crippen LogP contribution in [0, 0.1) is 0 Å². The average molecular weight is 781 g/mol. The van der Waals surface area contributed by atoms with Crippen LogP contribution < -0.4 is 9.80 Å². The number of fused-ring (bicyclic) bond motifs is 4. The predicted octanol–water partition coefficient (Wildman–Crippen LogP) is 16.7. The molecule has 0 fully saturated rings. The van der Waals surface area contributed by atoms with Crippen molar-refractivity contribution >= 4 is 66.8 Å². The zero-order chi connectivity index (χ0) is 40.5. The van der Waals surface area contributed by atoms with Crippen molar-refractivity contribution in [3.8, 4) is 33.4 Å². The molecular weight excluding hydrogens is 741 g/mol. The van der Waals surface area contributed by atoms with Crippen molar-refractivity contribution in [1.29, 1.82) is 0 Å². The van der Waals surface area contributed by atoms with Crippen LogP contribution in [0.15, 0.2) is 247 Å². The highest BCUT2D eigenvalue weighted by atomic mass is 16.3. The monoisotopic (exact) mass is 780 g/mol. The molecule has 0 aliphatic heterocycles. The van der Waals surface area contributed by atoms with E-state index in [1.165, 1.54) is 21.9 Å². The van der Waals surface area contributed by atoms with E-state index in [0.29, 0.717) is 0 Å². The van der Waals surface area contributed by atoms with Gasteiger partial charge in [0, 0.05) is 44.8 Å². The minimum absolute atomic E-state index is 0.883. The molecule has 0 bridgehead atoms. The van der Waals surface area contributed by atoms with Crippen molar-refractivity contribution in [2.75, 3.05) is 9.80 Å². The van der Waals surface area contributed by atoms with E-state index in [2.05, 4.69) is 240 Å². The number of anilines is 6. The van der Waals surface area contributed by atoms with Crippen LogP contribution in [0.1, 0.15) is 0 Å². The van der Waals surface area contributed by atoms with Crippen LogP contribution in [0.3, 0.4) is 0 Å². The highest BCUT2D eigenvalue weighted by molar-refractivity contribution is 6.06. The van der Waals surface area contributed by atoms with Crippen molar-refractivity contribution in [3.05, 3.63) is 243 Å². The Morgan fingerprint density at radius 2 is 0.754 bits per heavy atom. The maximum Gasteiger partial charge on any atom is 0.135 e. The van der Waals surface area contributed by atoms with Gasteiger partial charge in [-0.3, -0.25) is 0 Å². The van der Waals surface area contributed by atoms with E-state index in [4.69, 9.17) is 4.42 Å². The van der Waals surface area contributed by atoms with Gasteiger partial charge in [0.1, 0.15) is 11.2 Å². The second-order valence-corrected chi connectivity index (χ2v) is 15.4. The molecule has 3 heteroatoms. The number of nitrogens with zero attached hydrogens (tertiary/aromatic N) is 2. The van der Waals surface area contributed by atoms with Gasteiger partial charge in [0.25, 0.3) is 0 Å². The first-order valence-electron chi connectivity index (χ1n) is 20.7. The Hall–Kier alpha value is -8.14. The van der Waals surface area contributed by atoms with Gasteiger partial charge in [-0.15, -0.1) is 0 Å². The minimum Gasteiger partial charge on any atom is -0.456 e. The van der Waals surface area contributed by atoms with E-state index in [9.17, 15) is 0 Å². The van der Waals surface area contributed by atoms with Crippen LogP contribution in [0.2, 0.25) is 0 Å². The average Bonchev–Trinajstić information content (AvgIpc) is 3.71. The van der Waals surface area contributed by atoms with Gasteiger partial charge in [0.15, 0.2) is 0 Å². The van der Waals surface area contributed by atoms with Gasteiger partial charge < -0.3 is 14.2 Å². The number of benzene rings is 10. The first kappa shape index (κ1) is 36.0. The lowest BCUT2D eigenvalue weighted by molar-refractivity contribution is 0.669. The third-order valence-electron chi connectivity index (χ3n) is 11.6. The molecule has 3 nitrogen and oxygen atoms in total. The summed E-state index contributed by atoms with van der Waals surface area (Å²) >= 11 is 0. The molecule has 0 radical (unpaired) electrons. The van der Waals surface area contributed by atoms with E-state index >= 15 is 0 Å². The molecule has 1 heterocycles. The van der Waals surface area contributed by atoms with E-state index in [0.717, 1.165) is 78.3 Å². The quantitative estimate of drug-likeness (QED) is 0.145. The Morgan fingerprint density at radius 1 is 0.262 bits per heavy atom. The first-order chi connectivity index (χ1) is 30.2. The summed E-state index contributed by atoms with van der Waals surface area (Å²) in [5, 5.41) is 4.65. The summed E-state index contributed by atoms with van der Waals surface area (Å²) in [5.41, 5.74) is 15.3. The molecule has 0 aliphatic rings. The van der Waals surface area contributed by atoms with Gasteiger partial charge in [-0.1, -0.05) is 152 Å². The molecule has 0 amide bonds. The summed E-state index contributed by atoms with van der Waals surface area (Å²) in [5.74, 6) is 0. The maximum atomic E-state index is 6.20. The standard InChI is InChI=1S/C58H40N2O/c1-4-14-41(15-5-1)43-26-33-51(34-27-43)60(49-20-8-3-9-21-49)56-36-30-46(39-54(56)47-25-24-42-16-10-11-17-45(42)38-47)44-28-31-50(32-29-44)59(48-18-6-2-7-19-48)52-35-37-58-55(40-52)53-22-12-13-23-57(53)61-58/h1-40H. The van der Waals surface area contributed by atoms with Crippen LogP contribution in [-0.4, -0.2) is 0 Å². The van der Waals surface area contributed by atoms with E-state index in [1.54, 1.807) is 0 Å². The van der Waals surface area contributed by atoms with Gasteiger partial charge in [0.05, 0.1) is 5.69 Å². The first-order valence-corrected chi connectivity index (χ1v) is 20.7. The molecule has 0 aliphatic carbocycles.